The average Bonchev–Trinajstić information content (AvgIpc) is 2.22. The molecular weight excluding hydrogens is 168 g/mol. The molecule has 1 aliphatic rings. The molecule has 0 radical (unpaired) electrons. The number of aryl methyl sites for hydroxylation is 1. The predicted octanol–water partition coefficient (Wildman–Crippen LogP) is 4.79. The predicted molar refractivity (Wildman–Crippen MR) is 65.9 cm³/mol. The molecular formula is C14H24. The molecule has 0 saturated heterocycles. The van der Waals surface area contributed by atoms with Gasteiger partial charge in [-0.05, 0) is 36.3 Å². The molecule has 0 nitrogen and oxygen atoms in total. The van der Waals surface area contributed by atoms with E-state index < -0.39 is 0 Å². The van der Waals surface area contributed by atoms with Gasteiger partial charge in [0.2, 0.25) is 0 Å². The first-order valence-electron chi connectivity index (χ1n) is 5.46. The zero-order valence-electron chi connectivity index (χ0n) is 9.01. The summed E-state index contributed by atoms with van der Waals surface area (Å²) >= 11 is 0. The molecule has 1 aromatic rings. The molecule has 0 aliphatic heterocycles. The van der Waals surface area contributed by atoms with Gasteiger partial charge in [0.15, 0.2) is 0 Å². The van der Waals surface area contributed by atoms with Crippen molar-refractivity contribution >= 4 is 0 Å². The van der Waals surface area contributed by atoms with Crippen molar-refractivity contribution in [2.75, 3.05) is 0 Å². The van der Waals surface area contributed by atoms with E-state index in [1.807, 2.05) is 13.8 Å². The third-order valence-corrected chi connectivity index (χ3v) is 2.67. The Kier molecular flexibility index (Phi) is 6.27. The fraction of sp³-hybridized carbons (Fsp3) is 0.571. The second kappa shape index (κ2) is 6.64. The number of hydrogen-bond acceptors (Lipinski definition) is 0. The van der Waals surface area contributed by atoms with Crippen LogP contribution in [-0.4, -0.2) is 0 Å². The summed E-state index contributed by atoms with van der Waals surface area (Å²) in [4.78, 5) is 0. The van der Waals surface area contributed by atoms with Crippen molar-refractivity contribution in [2.45, 2.75) is 53.4 Å². The first-order chi connectivity index (χ1) is 6.38. The SMILES string of the molecule is C.CC.CC1CCCc2ccccc21. The molecule has 1 atom stereocenters. The Bertz CT molecular complexity index is 250. The van der Waals surface area contributed by atoms with Crippen molar-refractivity contribution < 1.29 is 0 Å². The Labute approximate surface area is 89.4 Å². The maximum atomic E-state index is 2.33. The van der Waals surface area contributed by atoms with Crippen LogP contribution >= 0.6 is 0 Å². The summed E-state index contributed by atoms with van der Waals surface area (Å²) in [6.45, 7) is 6.33. The first-order valence-corrected chi connectivity index (χ1v) is 5.46. The van der Waals surface area contributed by atoms with Gasteiger partial charge in [-0.3, -0.25) is 0 Å². The Hall–Kier alpha value is -0.780. The van der Waals surface area contributed by atoms with Crippen LogP contribution in [0.1, 0.15) is 58.1 Å². The van der Waals surface area contributed by atoms with Crippen LogP contribution in [0.4, 0.5) is 0 Å². The van der Waals surface area contributed by atoms with E-state index in [4.69, 9.17) is 0 Å². The van der Waals surface area contributed by atoms with Crippen molar-refractivity contribution in [1.82, 2.24) is 0 Å². The topological polar surface area (TPSA) is 0 Å². The van der Waals surface area contributed by atoms with E-state index >= 15 is 0 Å². The van der Waals surface area contributed by atoms with E-state index in [9.17, 15) is 0 Å². The molecule has 0 aromatic heterocycles. The summed E-state index contributed by atoms with van der Waals surface area (Å²) in [7, 11) is 0. The minimum absolute atomic E-state index is 0. The zero-order valence-corrected chi connectivity index (χ0v) is 9.01. The number of hydrogen-bond donors (Lipinski definition) is 0. The molecule has 1 aliphatic carbocycles. The Morgan fingerprint density at radius 2 is 1.79 bits per heavy atom. The van der Waals surface area contributed by atoms with Gasteiger partial charge in [0.1, 0.15) is 0 Å². The van der Waals surface area contributed by atoms with Crippen molar-refractivity contribution in [2.24, 2.45) is 0 Å². The van der Waals surface area contributed by atoms with Gasteiger partial charge in [-0.15, -0.1) is 0 Å². The van der Waals surface area contributed by atoms with E-state index in [0.717, 1.165) is 5.92 Å². The summed E-state index contributed by atoms with van der Waals surface area (Å²) in [5, 5.41) is 0. The third-order valence-electron chi connectivity index (χ3n) is 2.67. The average molecular weight is 192 g/mol. The van der Waals surface area contributed by atoms with E-state index in [1.165, 1.54) is 19.3 Å². The maximum Gasteiger partial charge on any atom is -0.0188 e. The lowest BCUT2D eigenvalue weighted by atomic mass is 9.84. The maximum absolute atomic E-state index is 2.33. The second-order valence-electron chi connectivity index (χ2n) is 3.49. The van der Waals surface area contributed by atoms with Crippen LogP contribution < -0.4 is 0 Å². The lowest BCUT2D eigenvalue weighted by Gasteiger charge is -2.21. The van der Waals surface area contributed by atoms with Crippen LogP contribution in [0.25, 0.3) is 0 Å². The first kappa shape index (κ1) is 13.2. The molecule has 0 spiro atoms. The number of benzene rings is 1. The normalized spacial score (nSPS) is 18.4. The van der Waals surface area contributed by atoms with Crippen LogP contribution in [0.2, 0.25) is 0 Å². The molecule has 0 heterocycles. The van der Waals surface area contributed by atoms with Gasteiger partial charge >= 0.3 is 0 Å². The number of rotatable bonds is 0. The van der Waals surface area contributed by atoms with Crippen molar-refractivity contribution in [3.8, 4) is 0 Å². The van der Waals surface area contributed by atoms with Gasteiger partial charge in [0.05, 0.1) is 0 Å². The van der Waals surface area contributed by atoms with Gasteiger partial charge in [0, 0.05) is 0 Å². The summed E-state index contributed by atoms with van der Waals surface area (Å²) in [6.07, 6.45) is 4.04. The molecule has 0 saturated carbocycles. The van der Waals surface area contributed by atoms with Crippen LogP contribution in [0.5, 0.6) is 0 Å². The zero-order chi connectivity index (χ0) is 9.68. The molecule has 0 N–H and O–H groups in total. The van der Waals surface area contributed by atoms with Gasteiger partial charge in [-0.2, -0.15) is 0 Å². The Balaban J connectivity index is 0.000000531. The molecule has 1 aromatic carbocycles. The molecule has 0 heteroatoms. The second-order valence-corrected chi connectivity index (χ2v) is 3.49. The highest BCUT2D eigenvalue weighted by molar-refractivity contribution is 5.31. The van der Waals surface area contributed by atoms with Gasteiger partial charge < -0.3 is 0 Å². The van der Waals surface area contributed by atoms with Gasteiger partial charge in [0.25, 0.3) is 0 Å². The largest absolute Gasteiger partial charge is 0.0776 e. The summed E-state index contributed by atoms with van der Waals surface area (Å²) in [6, 6.07) is 8.85. The Morgan fingerprint density at radius 3 is 2.43 bits per heavy atom. The summed E-state index contributed by atoms with van der Waals surface area (Å²) < 4.78 is 0. The molecule has 0 bridgehead atoms. The quantitative estimate of drug-likeness (QED) is 0.554. The van der Waals surface area contributed by atoms with E-state index in [-0.39, 0.29) is 7.43 Å². The van der Waals surface area contributed by atoms with Crippen LogP contribution in [0.15, 0.2) is 24.3 Å². The van der Waals surface area contributed by atoms with Crippen LogP contribution in [-0.2, 0) is 6.42 Å². The van der Waals surface area contributed by atoms with Gasteiger partial charge in [-0.1, -0.05) is 52.5 Å². The molecule has 0 amide bonds. The summed E-state index contributed by atoms with van der Waals surface area (Å²) in [5.41, 5.74) is 3.16. The van der Waals surface area contributed by atoms with E-state index in [2.05, 4.69) is 31.2 Å². The summed E-state index contributed by atoms with van der Waals surface area (Å²) in [5.74, 6) is 0.792. The molecule has 14 heavy (non-hydrogen) atoms. The highest BCUT2D eigenvalue weighted by Crippen LogP contribution is 2.30. The smallest absolute Gasteiger partial charge is 0.0188 e. The molecule has 2 rings (SSSR count). The fourth-order valence-corrected chi connectivity index (χ4v) is 2.00. The van der Waals surface area contributed by atoms with Crippen molar-refractivity contribution in [1.29, 1.82) is 0 Å². The van der Waals surface area contributed by atoms with Crippen LogP contribution in [0, 0.1) is 0 Å². The third kappa shape index (κ3) is 2.87. The highest BCUT2D eigenvalue weighted by Gasteiger charge is 2.14. The lowest BCUT2D eigenvalue weighted by molar-refractivity contribution is 0.590. The van der Waals surface area contributed by atoms with E-state index in [1.54, 1.807) is 11.1 Å². The minimum atomic E-state index is 0. The van der Waals surface area contributed by atoms with Gasteiger partial charge in [-0.25, -0.2) is 0 Å². The van der Waals surface area contributed by atoms with Crippen molar-refractivity contribution in [3.63, 3.8) is 0 Å². The fourth-order valence-electron chi connectivity index (χ4n) is 2.00. The molecule has 80 valence electrons. The highest BCUT2D eigenvalue weighted by atomic mass is 14.2. The van der Waals surface area contributed by atoms with Crippen LogP contribution in [0.3, 0.4) is 0 Å². The molecule has 0 fully saturated rings. The van der Waals surface area contributed by atoms with E-state index in [0.29, 0.717) is 0 Å². The Morgan fingerprint density at radius 1 is 1.14 bits per heavy atom. The van der Waals surface area contributed by atoms with Crippen molar-refractivity contribution in [3.05, 3.63) is 35.4 Å². The lowest BCUT2D eigenvalue weighted by Crippen LogP contribution is -2.05. The number of fused-ring (bicyclic) bond motifs is 1. The molecule has 1 unspecified atom stereocenters. The monoisotopic (exact) mass is 192 g/mol. The minimum Gasteiger partial charge on any atom is -0.0776 e. The standard InChI is InChI=1S/C11H14.C2H6.CH4/c1-9-5-4-7-10-6-2-3-8-11(9)10;1-2;/h2-3,6,8-9H,4-5,7H2,1H3;1-2H3;1H4.